The number of piperidine rings is 1. The van der Waals surface area contributed by atoms with Crippen molar-refractivity contribution in [3.8, 4) is 0 Å². The number of aliphatic hydroxyl groups is 1. The van der Waals surface area contributed by atoms with Gasteiger partial charge >= 0.3 is 12.0 Å². The van der Waals surface area contributed by atoms with Crippen LogP contribution in [-0.2, 0) is 4.79 Å². The van der Waals surface area contributed by atoms with Gasteiger partial charge < -0.3 is 20.8 Å². The Hall–Kier alpha value is -1.34. The highest BCUT2D eigenvalue weighted by Crippen LogP contribution is 2.11. The van der Waals surface area contributed by atoms with Gasteiger partial charge in [0.15, 0.2) is 0 Å². The second-order valence-corrected chi connectivity index (χ2v) is 6.08. The molecule has 0 aliphatic carbocycles. The SMILES string of the molecule is CC(CNC(=O)NCC(C)(O)CC(=O)O)N1CCCCC1. The molecule has 122 valence electrons. The normalized spacial score (nSPS) is 20.3. The fraction of sp³-hybridized carbons (Fsp3) is 0.857. The Balaban J connectivity index is 2.22. The van der Waals surface area contributed by atoms with Crippen LogP contribution in [0.25, 0.3) is 0 Å². The van der Waals surface area contributed by atoms with Crippen LogP contribution in [0.1, 0.15) is 39.5 Å². The van der Waals surface area contributed by atoms with Gasteiger partial charge in [-0.1, -0.05) is 6.42 Å². The fourth-order valence-corrected chi connectivity index (χ4v) is 2.45. The number of rotatable bonds is 7. The Morgan fingerprint density at radius 3 is 2.43 bits per heavy atom. The number of nitrogens with zero attached hydrogens (tertiary/aromatic N) is 1. The zero-order valence-corrected chi connectivity index (χ0v) is 12.9. The number of carboxylic acid groups (broad SMARTS) is 1. The number of hydrogen-bond acceptors (Lipinski definition) is 4. The summed E-state index contributed by atoms with van der Waals surface area (Å²) >= 11 is 0. The average molecular weight is 301 g/mol. The molecule has 21 heavy (non-hydrogen) atoms. The minimum absolute atomic E-state index is 0.0940. The lowest BCUT2D eigenvalue weighted by atomic mass is 10.0. The number of hydrogen-bond donors (Lipinski definition) is 4. The number of carboxylic acids is 1. The van der Waals surface area contributed by atoms with Crippen LogP contribution >= 0.6 is 0 Å². The second kappa shape index (κ2) is 8.19. The van der Waals surface area contributed by atoms with E-state index >= 15 is 0 Å². The summed E-state index contributed by atoms with van der Waals surface area (Å²) in [7, 11) is 0. The Bertz CT molecular complexity index is 354. The molecule has 0 radical (unpaired) electrons. The summed E-state index contributed by atoms with van der Waals surface area (Å²) in [4.78, 5) is 24.6. The van der Waals surface area contributed by atoms with E-state index in [2.05, 4.69) is 22.5 Å². The van der Waals surface area contributed by atoms with Gasteiger partial charge in [0.1, 0.15) is 0 Å². The predicted octanol–water partition coefficient (Wildman–Crippen LogP) is 0.386. The third kappa shape index (κ3) is 7.29. The molecular weight excluding hydrogens is 274 g/mol. The number of urea groups is 1. The van der Waals surface area contributed by atoms with Gasteiger partial charge in [0.25, 0.3) is 0 Å². The van der Waals surface area contributed by atoms with Crippen LogP contribution < -0.4 is 10.6 Å². The van der Waals surface area contributed by atoms with Gasteiger partial charge in [0.05, 0.1) is 12.0 Å². The van der Waals surface area contributed by atoms with Crippen LogP contribution in [0.3, 0.4) is 0 Å². The molecule has 2 atom stereocenters. The monoisotopic (exact) mass is 301 g/mol. The Morgan fingerprint density at radius 2 is 1.86 bits per heavy atom. The molecule has 0 aromatic rings. The standard InChI is InChI=1S/C14H27N3O4/c1-11(17-6-4-3-5-7-17)9-15-13(20)16-10-14(2,21)8-12(18)19/h11,21H,3-10H2,1-2H3,(H,18,19)(H2,15,16,20). The van der Waals surface area contributed by atoms with Crippen molar-refractivity contribution in [1.29, 1.82) is 0 Å². The first-order valence-electron chi connectivity index (χ1n) is 7.50. The Labute approximate surface area is 125 Å². The fourth-order valence-electron chi connectivity index (χ4n) is 2.45. The molecular formula is C14H27N3O4. The third-order valence-corrected chi connectivity index (χ3v) is 3.73. The molecule has 0 aromatic carbocycles. The van der Waals surface area contributed by atoms with Gasteiger partial charge in [-0.25, -0.2) is 4.79 Å². The van der Waals surface area contributed by atoms with E-state index in [1.54, 1.807) is 0 Å². The maximum absolute atomic E-state index is 11.7. The first kappa shape index (κ1) is 17.7. The van der Waals surface area contributed by atoms with Gasteiger partial charge in [0.2, 0.25) is 0 Å². The molecule has 1 rings (SSSR count). The number of aliphatic carboxylic acids is 1. The third-order valence-electron chi connectivity index (χ3n) is 3.73. The molecule has 0 bridgehead atoms. The molecule has 7 nitrogen and oxygen atoms in total. The summed E-state index contributed by atoms with van der Waals surface area (Å²) in [6.45, 7) is 6.04. The van der Waals surface area contributed by atoms with E-state index < -0.39 is 18.0 Å². The van der Waals surface area contributed by atoms with E-state index in [1.165, 1.54) is 26.2 Å². The largest absolute Gasteiger partial charge is 0.481 e. The maximum atomic E-state index is 11.7. The molecule has 4 N–H and O–H groups in total. The minimum atomic E-state index is -1.44. The number of carbonyl (C=O) groups excluding carboxylic acids is 1. The second-order valence-electron chi connectivity index (χ2n) is 6.08. The highest BCUT2D eigenvalue weighted by molar-refractivity contribution is 5.74. The minimum Gasteiger partial charge on any atom is -0.481 e. The maximum Gasteiger partial charge on any atom is 0.314 e. The molecule has 0 spiro atoms. The van der Waals surface area contributed by atoms with E-state index in [0.29, 0.717) is 6.54 Å². The molecule has 1 saturated heterocycles. The van der Waals surface area contributed by atoms with Crippen LogP contribution in [0.5, 0.6) is 0 Å². The van der Waals surface area contributed by atoms with E-state index in [1.807, 2.05) is 0 Å². The van der Waals surface area contributed by atoms with Crippen LogP contribution in [0, 0.1) is 0 Å². The van der Waals surface area contributed by atoms with Gasteiger partial charge in [-0.2, -0.15) is 0 Å². The zero-order valence-electron chi connectivity index (χ0n) is 12.9. The van der Waals surface area contributed by atoms with E-state index in [0.717, 1.165) is 13.1 Å². The molecule has 2 amide bonds. The molecule has 1 heterocycles. The van der Waals surface area contributed by atoms with Crippen molar-refractivity contribution in [2.75, 3.05) is 26.2 Å². The Morgan fingerprint density at radius 1 is 1.24 bits per heavy atom. The molecule has 1 fully saturated rings. The van der Waals surface area contributed by atoms with Gasteiger partial charge in [-0.05, 0) is 39.8 Å². The summed E-state index contributed by atoms with van der Waals surface area (Å²) in [5.74, 6) is -1.10. The van der Waals surface area contributed by atoms with Crippen LogP contribution in [0.15, 0.2) is 0 Å². The summed E-state index contributed by atoms with van der Waals surface area (Å²) in [6.07, 6.45) is 3.27. The van der Waals surface area contributed by atoms with Crippen molar-refractivity contribution in [1.82, 2.24) is 15.5 Å². The quantitative estimate of drug-likeness (QED) is 0.545. The lowest BCUT2D eigenvalue weighted by Gasteiger charge is -2.32. The van der Waals surface area contributed by atoms with E-state index in [4.69, 9.17) is 5.11 Å². The van der Waals surface area contributed by atoms with Crippen LogP contribution in [0.4, 0.5) is 4.79 Å². The predicted molar refractivity (Wildman–Crippen MR) is 79.2 cm³/mol. The molecule has 1 aliphatic heterocycles. The first-order chi connectivity index (χ1) is 9.80. The summed E-state index contributed by atoms with van der Waals surface area (Å²) in [5.41, 5.74) is -1.44. The Kier molecular flexibility index (Phi) is 6.91. The smallest absolute Gasteiger partial charge is 0.314 e. The number of carbonyl (C=O) groups is 2. The van der Waals surface area contributed by atoms with Crippen LogP contribution in [-0.4, -0.2) is 64.9 Å². The lowest BCUT2D eigenvalue weighted by molar-refractivity contribution is -0.141. The molecule has 7 heteroatoms. The first-order valence-corrected chi connectivity index (χ1v) is 7.50. The van der Waals surface area contributed by atoms with Gasteiger partial charge in [-0.3, -0.25) is 9.69 Å². The lowest BCUT2D eigenvalue weighted by Crippen LogP contribution is -2.49. The highest BCUT2D eigenvalue weighted by Gasteiger charge is 2.25. The number of nitrogens with one attached hydrogen (secondary N) is 2. The summed E-state index contributed by atoms with van der Waals surface area (Å²) in [6, 6.07) is -0.111. The highest BCUT2D eigenvalue weighted by atomic mass is 16.4. The molecule has 0 aromatic heterocycles. The van der Waals surface area contributed by atoms with Crippen molar-refractivity contribution >= 4 is 12.0 Å². The summed E-state index contributed by atoms with van der Waals surface area (Å²) in [5, 5.41) is 23.7. The number of amides is 2. The van der Waals surface area contributed by atoms with Crippen LogP contribution in [0.2, 0.25) is 0 Å². The topological polar surface area (TPSA) is 102 Å². The van der Waals surface area contributed by atoms with Crippen molar-refractivity contribution in [2.45, 2.75) is 51.2 Å². The molecule has 2 unspecified atom stereocenters. The van der Waals surface area contributed by atoms with Crippen molar-refractivity contribution in [3.05, 3.63) is 0 Å². The van der Waals surface area contributed by atoms with Crippen molar-refractivity contribution in [2.24, 2.45) is 0 Å². The molecule has 0 saturated carbocycles. The van der Waals surface area contributed by atoms with Gasteiger partial charge in [-0.15, -0.1) is 0 Å². The number of likely N-dealkylation sites (tertiary alicyclic amines) is 1. The average Bonchev–Trinajstić information content (AvgIpc) is 2.42. The van der Waals surface area contributed by atoms with E-state index in [-0.39, 0.29) is 18.6 Å². The van der Waals surface area contributed by atoms with Crippen molar-refractivity contribution < 1.29 is 19.8 Å². The zero-order chi connectivity index (χ0) is 15.9. The summed E-state index contributed by atoms with van der Waals surface area (Å²) < 4.78 is 0. The van der Waals surface area contributed by atoms with E-state index in [9.17, 15) is 14.7 Å². The van der Waals surface area contributed by atoms with Gasteiger partial charge in [0, 0.05) is 19.1 Å². The van der Waals surface area contributed by atoms with Crippen molar-refractivity contribution in [3.63, 3.8) is 0 Å². The molecule has 1 aliphatic rings.